The number of unbranched alkanes of at least 4 members (excludes halogenated alkanes) is 3. The van der Waals surface area contributed by atoms with Crippen LogP contribution in [-0.4, -0.2) is 18.4 Å². The summed E-state index contributed by atoms with van der Waals surface area (Å²) in [5, 5.41) is 3.59. The van der Waals surface area contributed by atoms with Gasteiger partial charge >= 0.3 is 6.03 Å². The molecular formula is C10H17N4O. The van der Waals surface area contributed by atoms with Crippen molar-refractivity contribution in [1.82, 2.24) is 5.32 Å². The highest BCUT2D eigenvalue weighted by molar-refractivity contribution is 6.05. The molecule has 0 saturated carbocycles. The van der Waals surface area contributed by atoms with E-state index in [-0.39, 0.29) is 0 Å². The molecule has 4 N–H and O–H groups in total. The first-order valence-corrected chi connectivity index (χ1v) is 5.22. The van der Waals surface area contributed by atoms with Gasteiger partial charge in [0.1, 0.15) is 5.84 Å². The Balaban J connectivity index is 2.22. The SMILES string of the molecule is NCCCCCCC1=C[N]C(=O)N=C1N. The van der Waals surface area contributed by atoms with Gasteiger partial charge in [-0.1, -0.05) is 12.8 Å². The summed E-state index contributed by atoms with van der Waals surface area (Å²) in [5.74, 6) is 0.314. The molecular weight excluding hydrogens is 192 g/mol. The van der Waals surface area contributed by atoms with Gasteiger partial charge in [0.05, 0.1) is 0 Å². The molecule has 83 valence electrons. The van der Waals surface area contributed by atoms with Crippen molar-refractivity contribution < 1.29 is 4.79 Å². The Morgan fingerprint density at radius 1 is 1.20 bits per heavy atom. The normalized spacial score (nSPS) is 15.7. The number of urea groups is 1. The van der Waals surface area contributed by atoms with E-state index in [2.05, 4.69) is 10.3 Å². The molecule has 1 rings (SSSR count). The van der Waals surface area contributed by atoms with Gasteiger partial charge in [0.15, 0.2) is 0 Å². The highest BCUT2D eigenvalue weighted by atomic mass is 16.2. The lowest BCUT2D eigenvalue weighted by Crippen LogP contribution is -2.24. The van der Waals surface area contributed by atoms with Crippen LogP contribution in [0.4, 0.5) is 4.79 Å². The Hall–Kier alpha value is -1.36. The fraction of sp³-hybridized carbons (Fsp3) is 0.600. The van der Waals surface area contributed by atoms with Crippen LogP contribution >= 0.6 is 0 Å². The average molecular weight is 209 g/mol. The summed E-state index contributed by atoms with van der Waals surface area (Å²) in [4.78, 5) is 14.3. The number of hydrogen-bond acceptors (Lipinski definition) is 3. The highest BCUT2D eigenvalue weighted by Gasteiger charge is 2.12. The Bertz CT molecular complexity index is 283. The van der Waals surface area contributed by atoms with E-state index in [4.69, 9.17) is 11.5 Å². The summed E-state index contributed by atoms with van der Waals surface area (Å²) in [5.41, 5.74) is 11.8. The fourth-order valence-electron chi connectivity index (χ4n) is 1.41. The van der Waals surface area contributed by atoms with Crippen molar-refractivity contribution in [3.05, 3.63) is 11.8 Å². The molecule has 1 heterocycles. The van der Waals surface area contributed by atoms with Crippen molar-refractivity contribution in [2.75, 3.05) is 6.54 Å². The lowest BCUT2D eigenvalue weighted by molar-refractivity contribution is 0.251. The molecule has 5 nitrogen and oxygen atoms in total. The molecule has 1 aliphatic heterocycles. The van der Waals surface area contributed by atoms with Crippen LogP contribution in [0.5, 0.6) is 0 Å². The Kier molecular flexibility index (Phi) is 4.83. The molecule has 0 atom stereocenters. The van der Waals surface area contributed by atoms with Gasteiger partial charge in [-0.15, -0.1) is 0 Å². The monoisotopic (exact) mass is 209 g/mol. The van der Waals surface area contributed by atoms with Gasteiger partial charge in [0.25, 0.3) is 0 Å². The zero-order valence-corrected chi connectivity index (χ0v) is 8.78. The second-order valence-electron chi connectivity index (χ2n) is 3.52. The largest absolute Gasteiger partial charge is 0.383 e. The minimum atomic E-state index is -0.514. The maximum Gasteiger partial charge on any atom is 0.368 e. The van der Waals surface area contributed by atoms with Crippen LogP contribution in [0.15, 0.2) is 16.8 Å². The maximum absolute atomic E-state index is 10.7. The van der Waals surface area contributed by atoms with Crippen molar-refractivity contribution in [1.29, 1.82) is 0 Å². The van der Waals surface area contributed by atoms with Crippen molar-refractivity contribution in [3.63, 3.8) is 0 Å². The first kappa shape index (κ1) is 11.7. The minimum absolute atomic E-state index is 0.314. The van der Waals surface area contributed by atoms with Crippen LogP contribution in [0.3, 0.4) is 0 Å². The van der Waals surface area contributed by atoms with Gasteiger partial charge in [-0.3, -0.25) is 0 Å². The molecule has 1 radical (unpaired) electrons. The summed E-state index contributed by atoms with van der Waals surface area (Å²) >= 11 is 0. The van der Waals surface area contributed by atoms with Crippen LogP contribution in [-0.2, 0) is 0 Å². The van der Waals surface area contributed by atoms with E-state index in [1.807, 2.05) is 0 Å². The predicted molar refractivity (Wildman–Crippen MR) is 59.4 cm³/mol. The number of nitrogens with two attached hydrogens (primary N) is 2. The van der Waals surface area contributed by atoms with E-state index < -0.39 is 6.03 Å². The second-order valence-corrected chi connectivity index (χ2v) is 3.52. The van der Waals surface area contributed by atoms with E-state index in [9.17, 15) is 4.79 Å². The summed E-state index contributed by atoms with van der Waals surface area (Å²) in [6.07, 6.45) is 6.70. The topological polar surface area (TPSA) is 95.6 Å². The van der Waals surface area contributed by atoms with Crippen LogP contribution < -0.4 is 16.8 Å². The number of rotatable bonds is 6. The highest BCUT2D eigenvalue weighted by Crippen LogP contribution is 2.12. The third-order valence-corrected chi connectivity index (χ3v) is 2.28. The number of carbonyl (C=O) groups excluding carboxylic acids is 1. The van der Waals surface area contributed by atoms with Gasteiger partial charge in [-0.25, -0.2) is 4.79 Å². The molecule has 0 aromatic heterocycles. The third kappa shape index (κ3) is 4.12. The van der Waals surface area contributed by atoms with Crippen molar-refractivity contribution in [3.8, 4) is 0 Å². The molecule has 0 bridgehead atoms. The van der Waals surface area contributed by atoms with Gasteiger partial charge in [-0.2, -0.15) is 10.3 Å². The van der Waals surface area contributed by atoms with E-state index in [0.717, 1.165) is 44.2 Å². The Morgan fingerprint density at radius 2 is 1.93 bits per heavy atom. The summed E-state index contributed by atoms with van der Waals surface area (Å²) < 4.78 is 0. The summed E-state index contributed by atoms with van der Waals surface area (Å²) in [6.45, 7) is 0.746. The number of carbonyl (C=O) groups is 1. The molecule has 1 aliphatic rings. The first-order chi connectivity index (χ1) is 7.24. The number of nitrogens with zero attached hydrogens (tertiary/aromatic N) is 2. The quantitative estimate of drug-likeness (QED) is 0.635. The zero-order chi connectivity index (χ0) is 11.1. The van der Waals surface area contributed by atoms with Gasteiger partial charge in [0.2, 0.25) is 0 Å². The predicted octanol–water partition coefficient (Wildman–Crippen LogP) is 0.875. The zero-order valence-electron chi connectivity index (χ0n) is 8.78. The smallest absolute Gasteiger partial charge is 0.368 e. The molecule has 15 heavy (non-hydrogen) atoms. The van der Waals surface area contributed by atoms with E-state index in [1.165, 1.54) is 6.20 Å². The lowest BCUT2D eigenvalue weighted by atomic mass is 10.1. The third-order valence-electron chi connectivity index (χ3n) is 2.28. The van der Waals surface area contributed by atoms with Gasteiger partial charge in [-0.05, 0) is 25.8 Å². The van der Waals surface area contributed by atoms with Crippen molar-refractivity contribution >= 4 is 11.9 Å². The second kappa shape index (κ2) is 6.19. The van der Waals surface area contributed by atoms with Crippen LogP contribution in [0.2, 0.25) is 0 Å². The molecule has 5 heteroatoms. The van der Waals surface area contributed by atoms with Crippen LogP contribution in [0.1, 0.15) is 32.1 Å². The van der Waals surface area contributed by atoms with Crippen molar-refractivity contribution in [2.45, 2.75) is 32.1 Å². The molecule has 0 spiro atoms. The molecule has 0 saturated heterocycles. The molecule has 0 fully saturated rings. The molecule has 0 aliphatic carbocycles. The van der Waals surface area contributed by atoms with Gasteiger partial charge in [0, 0.05) is 11.8 Å². The number of amidine groups is 1. The standard InChI is InChI=1S/C10H17N4O/c11-6-4-2-1-3-5-8-7-13-10(15)14-9(8)12/h7H,1-6,11H2,(H2,12,14,15). The number of amides is 2. The summed E-state index contributed by atoms with van der Waals surface area (Å²) in [7, 11) is 0. The van der Waals surface area contributed by atoms with Gasteiger partial charge < -0.3 is 11.5 Å². The lowest BCUT2D eigenvalue weighted by Gasteiger charge is -2.09. The van der Waals surface area contributed by atoms with E-state index >= 15 is 0 Å². The summed E-state index contributed by atoms with van der Waals surface area (Å²) in [6, 6.07) is -0.514. The van der Waals surface area contributed by atoms with Crippen LogP contribution in [0, 0.1) is 0 Å². The molecule has 0 aromatic carbocycles. The molecule has 0 aromatic rings. The Labute approximate surface area is 89.6 Å². The van der Waals surface area contributed by atoms with E-state index in [0.29, 0.717) is 5.84 Å². The number of hydrogen-bond donors (Lipinski definition) is 2. The molecule has 2 amide bonds. The maximum atomic E-state index is 10.7. The van der Waals surface area contributed by atoms with Crippen LogP contribution in [0.25, 0.3) is 0 Å². The molecule has 0 unspecified atom stereocenters. The first-order valence-electron chi connectivity index (χ1n) is 5.22. The Morgan fingerprint density at radius 3 is 2.60 bits per heavy atom. The van der Waals surface area contributed by atoms with Crippen molar-refractivity contribution in [2.24, 2.45) is 16.5 Å². The van der Waals surface area contributed by atoms with E-state index in [1.54, 1.807) is 0 Å². The minimum Gasteiger partial charge on any atom is -0.383 e. The fourth-order valence-corrected chi connectivity index (χ4v) is 1.41. The average Bonchev–Trinajstić information content (AvgIpc) is 2.20. The number of aliphatic imine (C=N–C) groups is 1.